The minimum Gasteiger partial charge on any atom is -0.493 e. The van der Waals surface area contributed by atoms with E-state index in [0.29, 0.717) is 36.9 Å². The zero-order valence-electron chi connectivity index (χ0n) is 12.0. The summed E-state index contributed by atoms with van der Waals surface area (Å²) in [6.45, 7) is 1.53. The molecule has 0 bridgehead atoms. The van der Waals surface area contributed by atoms with Crippen LogP contribution in [0.4, 0.5) is 0 Å². The van der Waals surface area contributed by atoms with Gasteiger partial charge in [0, 0.05) is 20.3 Å². The van der Waals surface area contributed by atoms with E-state index in [1.54, 1.807) is 39.5 Å². The molecule has 0 saturated carbocycles. The fourth-order valence-corrected chi connectivity index (χ4v) is 1.46. The first-order valence-electron chi connectivity index (χ1n) is 6.20. The SMILES string of the molecule is COCCOC(=[OH+])c1ccc(OC)c(OCCOC)c1. The molecule has 1 rings (SSSR count). The highest BCUT2D eigenvalue weighted by Gasteiger charge is 2.18. The van der Waals surface area contributed by atoms with Crippen molar-refractivity contribution in [2.24, 2.45) is 0 Å². The second-order valence-corrected chi connectivity index (χ2v) is 3.85. The fraction of sp³-hybridized carbons (Fsp3) is 0.500. The van der Waals surface area contributed by atoms with Crippen molar-refractivity contribution < 1.29 is 28.5 Å². The molecule has 6 nitrogen and oxygen atoms in total. The highest BCUT2D eigenvalue weighted by atomic mass is 16.6. The van der Waals surface area contributed by atoms with Gasteiger partial charge in [0.1, 0.15) is 18.8 Å². The van der Waals surface area contributed by atoms with Crippen LogP contribution in [0.2, 0.25) is 0 Å². The molecular formula is C14H21O6+. The van der Waals surface area contributed by atoms with E-state index in [9.17, 15) is 4.79 Å². The zero-order valence-corrected chi connectivity index (χ0v) is 12.0. The molecule has 1 aromatic carbocycles. The molecule has 0 fully saturated rings. The lowest BCUT2D eigenvalue weighted by Gasteiger charge is -2.10. The van der Waals surface area contributed by atoms with Crippen LogP contribution in [0.25, 0.3) is 0 Å². The van der Waals surface area contributed by atoms with Gasteiger partial charge in [-0.2, -0.15) is 0 Å². The fourth-order valence-electron chi connectivity index (χ4n) is 1.46. The van der Waals surface area contributed by atoms with Crippen LogP contribution in [-0.4, -0.2) is 58.5 Å². The third kappa shape index (κ3) is 5.07. The van der Waals surface area contributed by atoms with Crippen molar-refractivity contribution in [1.29, 1.82) is 0 Å². The molecule has 0 saturated heterocycles. The smallest absolute Gasteiger partial charge is 0.493 e. The quantitative estimate of drug-likeness (QED) is 0.388. The van der Waals surface area contributed by atoms with Crippen molar-refractivity contribution in [3.8, 4) is 11.5 Å². The topological polar surface area (TPSA) is 67.6 Å². The maximum Gasteiger partial charge on any atom is 0.517 e. The second-order valence-electron chi connectivity index (χ2n) is 3.85. The molecule has 0 heterocycles. The van der Waals surface area contributed by atoms with Gasteiger partial charge in [0.25, 0.3) is 0 Å². The van der Waals surface area contributed by atoms with Crippen LogP contribution in [0.3, 0.4) is 0 Å². The number of rotatable bonds is 9. The predicted octanol–water partition coefficient (Wildman–Crippen LogP) is 1.23. The highest BCUT2D eigenvalue weighted by molar-refractivity contribution is 5.90. The van der Waals surface area contributed by atoms with Gasteiger partial charge < -0.3 is 28.5 Å². The average molecular weight is 285 g/mol. The van der Waals surface area contributed by atoms with Gasteiger partial charge in [-0.05, 0) is 12.1 Å². The van der Waals surface area contributed by atoms with Crippen LogP contribution in [0, 0.1) is 0 Å². The summed E-state index contributed by atoms with van der Waals surface area (Å²) in [5.41, 5.74) is 0.509. The van der Waals surface area contributed by atoms with Crippen LogP contribution in [0.15, 0.2) is 18.2 Å². The largest absolute Gasteiger partial charge is 0.517 e. The average Bonchev–Trinajstić information content (AvgIpc) is 2.47. The number of hydrogen-bond acceptors (Lipinski definition) is 5. The Kier molecular flexibility index (Phi) is 7.46. The van der Waals surface area contributed by atoms with E-state index < -0.39 is 0 Å². The lowest BCUT2D eigenvalue weighted by atomic mass is 10.2. The molecule has 0 aromatic heterocycles. The number of carbonyl (C=O) groups excluding carboxylic acids is 1. The molecule has 0 unspecified atom stereocenters. The molecule has 6 heteroatoms. The Morgan fingerprint density at radius 2 is 1.65 bits per heavy atom. The molecule has 0 spiro atoms. The van der Waals surface area contributed by atoms with Gasteiger partial charge in [-0.3, -0.25) is 0 Å². The van der Waals surface area contributed by atoms with Gasteiger partial charge in [0.15, 0.2) is 11.5 Å². The Morgan fingerprint density at radius 3 is 2.30 bits per heavy atom. The zero-order chi connectivity index (χ0) is 14.8. The van der Waals surface area contributed by atoms with Crippen LogP contribution >= 0.6 is 0 Å². The Morgan fingerprint density at radius 1 is 0.950 bits per heavy atom. The molecule has 1 N–H and O–H groups in total. The van der Waals surface area contributed by atoms with E-state index in [1.807, 2.05) is 0 Å². The molecule has 0 atom stereocenters. The van der Waals surface area contributed by atoms with Crippen molar-refractivity contribution in [3.05, 3.63) is 23.8 Å². The van der Waals surface area contributed by atoms with Crippen molar-refractivity contribution in [3.63, 3.8) is 0 Å². The van der Waals surface area contributed by atoms with E-state index >= 15 is 0 Å². The summed E-state index contributed by atoms with van der Waals surface area (Å²) < 4.78 is 25.6. The van der Waals surface area contributed by atoms with E-state index in [4.69, 9.17) is 23.7 Å². The standard InChI is InChI=1S/C14H20O6/c1-16-6-8-19-13-10-11(4-5-12(13)18-3)14(15)20-9-7-17-2/h4-5,10H,6-9H2,1-3H3/p+1. The van der Waals surface area contributed by atoms with Gasteiger partial charge >= 0.3 is 5.97 Å². The van der Waals surface area contributed by atoms with Crippen LogP contribution in [0.1, 0.15) is 5.56 Å². The first-order valence-corrected chi connectivity index (χ1v) is 6.20. The van der Waals surface area contributed by atoms with Crippen molar-refractivity contribution in [1.82, 2.24) is 0 Å². The van der Waals surface area contributed by atoms with Crippen LogP contribution < -0.4 is 9.47 Å². The molecule has 20 heavy (non-hydrogen) atoms. The molecule has 0 radical (unpaired) electrons. The normalized spacial score (nSPS) is 10.2. The van der Waals surface area contributed by atoms with E-state index in [0.717, 1.165) is 0 Å². The first-order chi connectivity index (χ1) is 9.72. The maximum absolute atomic E-state index is 9.82. The molecule has 1 aromatic rings. The highest BCUT2D eigenvalue weighted by Crippen LogP contribution is 2.28. The van der Waals surface area contributed by atoms with Gasteiger partial charge in [0.2, 0.25) is 6.61 Å². The summed E-state index contributed by atoms with van der Waals surface area (Å²) in [5.74, 6) is 0.916. The Balaban J connectivity index is 2.72. The molecule has 112 valence electrons. The third-order valence-corrected chi connectivity index (χ3v) is 2.48. The summed E-state index contributed by atoms with van der Waals surface area (Å²) in [7, 11) is 4.71. The van der Waals surface area contributed by atoms with Crippen LogP contribution in [-0.2, 0) is 14.2 Å². The molecular weight excluding hydrogens is 264 g/mol. The number of ether oxygens (including phenoxy) is 5. The van der Waals surface area contributed by atoms with E-state index in [2.05, 4.69) is 0 Å². The lowest BCUT2D eigenvalue weighted by molar-refractivity contribution is 0.135. The van der Waals surface area contributed by atoms with Gasteiger partial charge in [-0.25, -0.2) is 0 Å². The number of methoxy groups -OCH3 is 3. The van der Waals surface area contributed by atoms with Crippen molar-refractivity contribution >= 4 is 5.97 Å². The first kappa shape index (κ1) is 16.3. The van der Waals surface area contributed by atoms with E-state index in [1.165, 1.54) is 0 Å². The van der Waals surface area contributed by atoms with Gasteiger partial charge in [-0.15, -0.1) is 0 Å². The lowest BCUT2D eigenvalue weighted by Crippen LogP contribution is -2.12. The second kappa shape index (κ2) is 9.17. The predicted molar refractivity (Wildman–Crippen MR) is 74.2 cm³/mol. The Bertz CT molecular complexity index is 418. The molecule has 0 aliphatic carbocycles. The monoisotopic (exact) mass is 285 g/mol. The number of benzene rings is 1. The van der Waals surface area contributed by atoms with Gasteiger partial charge in [-0.1, -0.05) is 0 Å². The maximum atomic E-state index is 9.82. The third-order valence-electron chi connectivity index (χ3n) is 2.48. The number of esters is 1. The minimum atomic E-state index is -0.179. The molecule has 0 amide bonds. The Labute approximate surface area is 118 Å². The molecule has 0 aliphatic rings. The van der Waals surface area contributed by atoms with E-state index in [-0.39, 0.29) is 12.6 Å². The summed E-state index contributed by atoms with van der Waals surface area (Å²) in [6, 6.07) is 5.04. The summed E-state index contributed by atoms with van der Waals surface area (Å²) in [4.78, 5) is 9.82. The van der Waals surface area contributed by atoms with Crippen molar-refractivity contribution in [2.75, 3.05) is 47.8 Å². The summed E-state index contributed by atoms with van der Waals surface area (Å²) >= 11 is 0. The summed E-state index contributed by atoms with van der Waals surface area (Å²) in [6.07, 6.45) is 0. The minimum absolute atomic E-state index is 0.179. The van der Waals surface area contributed by atoms with Gasteiger partial charge in [0.05, 0.1) is 13.7 Å². The Hall–Kier alpha value is -1.79. The van der Waals surface area contributed by atoms with Crippen molar-refractivity contribution in [2.45, 2.75) is 0 Å². The number of hydrogen-bond donors (Lipinski definition) is 0. The van der Waals surface area contributed by atoms with Crippen LogP contribution in [0.5, 0.6) is 11.5 Å². The summed E-state index contributed by atoms with van der Waals surface area (Å²) in [5, 5.41) is 0. The molecule has 0 aliphatic heterocycles.